The molecule has 0 fully saturated rings. The molecule has 3 nitrogen and oxygen atoms in total. The fourth-order valence-electron chi connectivity index (χ4n) is 1.73. The predicted octanol–water partition coefficient (Wildman–Crippen LogP) is 2.42. The summed E-state index contributed by atoms with van der Waals surface area (Å²) in [6.07, 6.45) is 2.74. The summed E-state index contributed by atoms with van der Waals surface area (Å²) in [6, 6.07) is 5.83. The molecule has 5 heteroatoms. The van der Waals surface area contributed by atoms with Crippen LogP contribution in [-0.4, -0.2) is 24.0 Å². The summed E-state index contributed by atoms with van der Waals surface area (Å²) in [5.74, 6) is 0.849. The summed E-state index contributed by atoms with van der Waals surface area (Å²) in [6.45, 7) is 4.67. The molecular weight excluding hydrogens is 280 g/mol. The number of thioether (sulfide) groups is 1. The number of nitrogens with two attached hydrogens (primary N) is 1. The zero-order valence-electron chi connectivity index (χ0n) is 11.7. The Morgan fingerprint density at radius 2 is 2.11 bits per heavy atom. The molecular formula is C14H23ClN2OS. The number of hydrogen-bond acceptors (Lipinski definition) is 3. The first-order chi connectivity index (χ1) is 8.54. The van der Waals surface area contributed by atoms with Crippen molar-refractivity contribution in [1.29, 1.82) is 0 Å². The van der Waals surface area contributed by atoms with Crippen LogP contribution in [0.1, 0.15) is 23.1 Å². The molecule has 108 valence electrons. The van der Waals surface area contributed by atoms with Crippen molar-refractivity contribution in [2.75, 3.05) is 12.0 Å². The van der Waals surface area contributed by atoms with E-state index in [0.29, 0.717) is 6.54 Å². The number of carbonyl (C=O) groups is 1. The second-order valence-electron chi connectivity index (χ2n) is 4.54. The number of halogens is 1. The van der Waals surface area contributed by atoms with Crippen LogP contribution in [0.4, 0.5) is 0 Å². The fraction of sp³-hybridized carbons (Fsp3) is 0.500. The summed E-state index contributed by atoms with van der Waals surface area (Å²) in [4.78, 5) is 11.8. The van der Waals surface area contributed by atoms with Crippen LogP contribution in [0.3, 0.4) is 0 Å². The van der Waals surface area contributed by atoms with Crippen LogP contribution in [0, 0.1) is 13.8 Å². The van der Waals surface area contributed by atoms with E-state index < -0.39 is 6.04 Å². The third-order valence-corrected chi connectivity index (χ3v) is 3.56. The summed E-state index contributed by atoms with van der Waals surface area (Å²) in [5.41, 5.74) is 9.39. The molecule has 1 aromatic carbocycles. The molecule has 0 aliphatic rings. The van der Waals surface area contributed by atoms with E-state index in [1.807, 2.05) is 6.26 Å². The summed E-state index contributed by atoms with van der Waals surface area (Å²) in [7, 11) is 0. The number of amides is 1. The van der Waals surface area contributed by atoms with Gasteiger partial charge in [-0.25, -0.2) is 0 Å². The Hall–Kier alpha value is -0.710. The number of nitrogens with one attached hydrogen (secondary N) is 1. The largest absolute Gasteiger partial charge is 0.351 e. The van der Waals surface area contributed by atoms with E-state index in [1.54, 1.807) is 11.8 Å². The zero-order valence-corrected chi connectivity index (χ0v) is 13.4. The lowest BCUT2D eigenvalue weighted by atomic mass is 10.1. The van der Waals surface area contributed by atoms with Gasteiger partial charge in [-0.3, -0.25) is 4.79 Å². The van der Waals surface area contributed by atoms with Crippen LogP contribution in [-0.2, 0) is 11.3 Å². The first kappa shape index (κ1) is 18.3. The van der Waals surface area contributed by atoms with E-state index in [9.17, 15) is 4.79 Å². The lowest BCUT2D eigenvalue weighted by molar-refractivity contribution is -0.122. The molecule has 0 bridgehead atoms. The van der Waals surface area contributed by atoms with Gasteiger partial charge in [0.2, 0.25) is 5.91 Å². The van der Waals surface area contributed by atoms with Gasteiger partial charge in [-0.05, 0) is 43.4 Å². The molecule has 0 radical (unpaired) electrons. The highest BCUT2D eigenvalue weighted by atomic mass is 35.5. The second-order valence-corrected chi connectivity index (χ2v) is 5.52. The van der Waals surface area contributed by atoms with Crippen molar-refractivity contribution in [2.45, 2.75) is 32.9 Å². The number of hydrogen-bond donors (Lipinski definition) is 2. The van der Waals surface area contributed by atoms with Gasteiger partial charge in [0.25, 0.3) is 0 Å². The Balaban J connectivity index is 0.00000324. The average Bonchev–Trinajstić information content (AvgIpc) is 2.34. The van der Waals surface area contributed by atoms with E-state index in [-0.39, 0.29) is 18.3 Å². The molecule has 0 aliphatic carbocycles. The molecule has 1 unspecified atom stereocenters. The molecule has 19 heavy (non-hydrogen) atoms. The van der Waals surface area contributed by atoms with E-state index in [0.717, 1.165) is 17.7 Å². The minimum atomic E-state index is -0.400. The molecule has 0 saturated heterocycles. The molecule has 1 aromatic rings. The summed E-state index contributed by atoms with van der Waals surface area (Å²) < 4.78 is 0. The zero-order chi connectivity index (χ0) is 13.5. The van der Waals surface area contributed by atoms with Crippen molar-refractivity contribution in [1.82, 2.24) is 5.32 Å². The van der Waals surface area contributed by atoms with Crippen LogP contribution in [0.25, 0.3) is 0 Å². The maximum absolute atomic E-state index is 11.8. The van der Waals surface area contributed by atoms with Crippen LogP contribution in [0.5, 0.6) is 0 Å². The molecule has 3 N–H and O–H groups in total. The van der Waals surface area contributed by atoms with Crippen LogP contribution < -0.4 is 11.1 Å². The second kappa shape index (κ2) is 9.23. The topological polar surface area (TPSA) is 55.1 Å². The van der Waals surface area contributed by atoms with Gasteiger partial charge in [0.05, 0.1) is 6.04 Å². The standard InChI is InChI=1S/C14H22N2OS.ClH/c1-10-4-5-12(11(2)8-10)9-16-14(17)13(15)6-7-18-3;/h4-5,8,13H,6-7,9,15H2,1-3H3,(H,16,17);1H. The SMILES string of the molecule is CSCCC(N)C(=O)NCc1ccc(C)cc1C.Cl. The third-order valence-electron chi connectivity index (χ3n) is 2.92. The van der Waals surface area contributed by atoms with Crippen LogP contribution in [0.2, 0.25) is 0 Å². The van der Waals surface area contributed by atoms with Gasteiger partial charge in [0, 0.05) is 6.54 Å². The molecule has 0 heterocycles. The molecule has 1 rings (SSSR count). The Morgan fingerprint density at radius 1 is 1.42 bits per heavy atom. The molecule has 0 saturated carbocycles. The van der Waals surface area contributed by atoms with E-state index >= 15 is 0 Å². The first-order valence-corrected chi connectivity index (χ1v) is 7.52. The van der Waals surface area contributed by atoms with Gasteiger partial charge in [-0.1, -0.05) is 23.8 Å². The fourth-order valence-corrected chi connectivity index (χ4v) is 2.22. The molecule has 1 atom stereocenters. The Morgan fingerprint density at radius 3 is 2.68 bits per heavy atom. The van der Waals surface area contributed by atoms with E-state index in [1.165, 1.54) is 11.1 Å². The molecule has 0 aromatic heterocycles. The normalized spacial score (nSPS) is 11.6. The van der Waals surface area contributed by atoms with E-state index in [4.69, 9.17) is 5.73 Å². The third kappa shape index (κ3) is 6.32. The minimum Gasteiger partial charge on any atom is -0.351 e. The highest BCUT2D eigenvalue weighted by Gasteiger charge is 2.12. The van der Waals surface area contributed by atoms with Gasteiger partial charge < -0.3 is 11.1 Å². The van der Waals surface area contributed by atoms with Crippen LogP contribution in [0.15, 0.2) is 18.2 Å². The molecule has 1 amide bonds. The van der Waals surface area contributed by atoms with Gasteiger partial charge in [-0.15, -0.1) is 12.4 Å². The monoisotopic (exact) mass is 302 g/mol. The number of carbonyl (C=O) groups excluding carboxylic acids is 1. The van der Waals surface area contributed by atoms with Crippen molar-refractivity contribution in [3.63, 3.8) is 0 Å². The quantitative estimate of drug-likeness (QED) is 0.848. The average molecular weight is 303 g/mol. The maximum Gasteiger partial charge on any atom is 0.237 e. The van der Waals surface area contributed by atoms with Crippen molar-refractivity contribution in [3.05, 3.63) is 34.9 Å². The Kier molecular flexibility index (Phi) is 8.89. The first-order valence-electron chi connectivity index (χ1n) is 6.13. The van der Waals surface area contributed by atoms with Crippen molar-refractivity contribution in [2.24, 2.45) is 5.73 Å². The van der Waals surface area contributed by atoms with Crippen molar-refractivity contribution in [3.8, 4) is 0 Å². The minimum absolute atomic E-state index is 0. The van der Waals surface area contributed by atoms with Gasteiger partial charge >= 0.3 is 0 Å². The highest BCUT2D eigenvalue weighted by Crippen LogP contribution is 2.10. The molecule has 0 spiro atoms. The summed E-state index contributed by atoms with van der Waals surface area (Å²) >= 11 is 1.71. The van der Waals surface area contributed by atoms with Gasteiger partial charge in [0.1, 0.15) is 0 Å². The van der Waals surface area contributed by atoms with Crippen LogP contribution >= 0.6 is 24.2 Å². The van der Waals surface area contributed by atoms with Crippen molar-refractivity contribution >= 4 is 30.1 Å². The molecule has 0 aliphatic heterocycles. The van der Waals surface area contributed by atoms with E-state index in [2.05, 4.69) is 37.4 Å². The number of rotatable bonds is 6. The lowest BCUT2D eigenvalue weighted by Crippen LogP contribution is -2.40. The Bertz CT molecular complexity index is 412. The predicted molar refractivity (Wildman–Crippen MR) is 86.0 cm³/mol. The highest BCUT2D eigenvalue weighted by molar-refractivity contribution is 7.98. The smallest absolute Gasteiger partial charge is 0.237 e. The summed E-state index contributed by atoms with van der Waals surface area (Å²) in [5, 5.41) is 2.89. The van der Waals surface area contributed by atoms with Gasteiger partial charge in [0.15, 0.2) is 0 Å². The number of aryl methyl sites for hydroxylation is 2. The Labute approximate surface area is 126 Å². The number of benzene rings is 1. The van der Waals surface area contributed by atoms with Crippen molar-refractivity contribution < 1.29 is 4.79 Å². The lowest BCUT2D eigenvalue weighted by Gasteiger charge is -2.13. The van der Waals surface area contributed by atoms with Gasteiger partial charge in [-0.2, -0.15) is 11.8 Å². The maximum atomic E-state index is 11.8.